The van der Waals surface area contributed by atoms with Crippen molar-refractivity contribution in [3.8, 4) is 0 Å². The Morgan fingerprint density at radius 1 is 1.25 bits per heavy atom. The van der Waals surface area contributed by atoms with Gasteiger partial charge in [-0.25, -0.2) is 13.8 Å². The second-order valence-electron chi connectivity index (χ2n) is 5.12. The van der Waals surface area contributed by atoms with Crippen LogP contribution in [-0.4, -0.2) is 33.4 Å². The van der Waals surface area contributed by atoms with Crippen molar-refractivity contribution < 1.29 is 13.6 Å². The molecule has 6 heteroatoms. The van der Waals surface area contributed by atoms with Crippen LogP contribution >= 0.6 is 0 Å². The summed E-state index contributed by atoms with van der Waals surface area (Å²) in [5.41, 5.74) is 0.786. The van der Waals surface area contributed by atoms with Crippen LogP contribution in [0.15, 0.2) is 18.5 Å². The predicted molar refractivity (Wildman–Crippen MR) is 70.2 cm³/mol. The summed E-state index contributed by atoms with van der Waals surface area (Å²) in [6.45, 7) is 3.28. The summed E-state index contributed by atoms with van der Waals surface area (Å²) in [6, 6.07) is 1.67. The second kappa shape index (κ2) is 4.85. The molecule has 2 aromatic rings. The number of likely N-dealkylation sites (tertiary alicyclic amines) is 1. The number of aromatic nitrogens is 2. The lowest BCUT2D eigenvalue weighted by atomic mass is 10.2. The molecule has 106 valence electrons. The Kier molecular flexibility index (Phi) is 3.16. The van der Waals surface area contributed by atoms with E-state index < -0.39 is 17.7 Å². The van der Waals surface area contributed by atoms with Crippen LogP contribution in [0.5, 0.6) is 0 Å². The van der Waals surface area contributed by atoms with Crippen molar-refractivity contribution in [2.24, 2.45) is 0 Å². The highest BCUT2D eigenvalue weighted by Crippen LogP contribution is 2.23. The van der Waals surface area contributed by atoms with E-state index in [1.165, 1.54) is 6.33 Å². The van der Waals surface area contributed by atoms with Crippen LogP contribution in [0.4, 0.5) is 8.78 Å². The molecular formula is C14H15F2N3O. The van der Waals surface area contributed by atoms with Crippen LogP contribution < -0.4 is 0 Å². The van der Waals surface area contributed by atoms with Gasteiger partial charge >= 0.3 is 0 Å². The minimum absolute atomic E-state index is 0.00784. The molecule has 2 heterocycles. The first-order valence-corrected chi connectivity index (χ1v) is 6.68. The van der Waals surface area contributed by atoms with Crippen LogP contribution in [0.2, 0.25) is 0 Å². The summed E-state index contributed by atoms with van der Waals surface area (Å²) in [7, 11) is 0. The number of imidazole rings is 1. The van der Waals surface area contributed by atoms with Gasteiger partial charge in [0, 0.05) is 25.2 Å². The molecule has 1 aromatic heterocycles. The number of hydrogen-bond acceptors (Lipinski definition) is 2. The Morgan fingerprint density at radius 3 is 2.60 bits per heavy atom. The van der Waals surface area contributed by atoms with Crippen LogP contribution in [0.25, 0.3) is 11.0 Å². The van der Waals surface area contributed by atoms with Gasteiger partial charge in [0.05, 0.1) is 17.4 Å². The molecule has 0 spiro atoms. The number of carbonyl (C=O) groups is 1. The van der Waals surface area contributed by atoms with Crippen molar-refractivity contribution >= 4 is 16.9 Å². The van der Waals surface area contributed by atoms with Crippen LogP contribution in [-0.2, 0) is 4.79 Å². The average Bonchev–Trinajstić information content (AvgIpc) is 3.07. The molecule has 0 N–H and O–H groups in total. The average molecular weight is 279 g/mol. The van der Waals surface area contributed by atoms with E-state index in [1.54, 1.807) is 16.4 Å². The molecule has 0 bridgehead atoms. The SMILES string of the molecule is CC(C(=O)N1CCCC1)n1cnc2cc(F)c(F)cc21. The lowest BCUT2D eigenvalue weighted by molar-refractivity contribution is -0.133. The fourth-order valence-electron chi connectivity index (χ4n) is 2.65. The molecule has 1 unspecified atom stereocenters. The Bertz CT molecular complexity index is 662. The number of rotatable bonds is 2. The summed E-state index contributed by atoms with van der Waals surface area (Å²) < 4.78 is 28.1. The Morgan fingerprint density at radius 2 is 1.90 bits per heavy atom. The van der Waals surface area contributed by atoms with Gasteiger partial charge < -0.3 is 9.47 Å². The normalized spacial score (nSPS) is 16.9. The zero-order valence-corrected chi connectivity index (χ0v) is 11.1. The van der Waals surface area contributed by atoms with Gasteiger partial charge in [-0.3, -0.25) is 4.79 Å². The number of nitrogens with zero attached hydrogens (tertiary/aromatic N) is 3. The Labute approximate surface area is 115 Å². The fourth-order valence-corrected chi connectivity index (χ4v) is 2.65. The molecule has 4 nitrogen and oxygen atoms in total. The van der Waals surface area contributed by atoms with Crippen molar-refractivity contribution in [1.29, 1.82) is 0 Å². The van der Waals surface area contributed by atoms with E-state index in [2.05, 4.69) is 4.98 Å². The van der Waals surface area contributed by atoms with Gasteiger partial charge in [0.2, 0.25) is 5.91 Å². The predicted octanol–water partition coefficient (Wildman–Crippen LogP) is 2.50. The standard InChI is InChI=1S/C14H15F2N3O/c1-9(14(20)18-4-2-3-5-18)19-8-17-12-6-10(15)11(16)7-13(12)19/h6-9H,2-5H2,1H3. The summed E-state index contributed by atoms with van der Waals surface area (Å²) >= 11 is 0. The third-order valence-electron chi connectivity index (χ3n) is 3.81. The Hall–Kier alpha value is -1.98. The number of benzene rings is 1. The van der Waals surface area contributed by atoms with Crippen molar-refractivity contribution in [3.05, 3.63) is 30.1 Å². The summed E-state index contributed by atoms with van der Waals surface area (Å²) in [6.07, 6.45) is 3.49. The van der Waals surface area contributed by atoms with E-state index in [1.807, 2.05) is 0 Å². The first-order chi connectivity index (χ1) is 9.58. The van der Waals surface area contributed by atoms with Gasteiger partial charge in [-0.2, -0.15) is 0 Å². The van der Waals surface area contributed by atoms with Crippen molar-refractivity contribution in [1.82, 2.24) is 14.5 Å². The van der Waals surface area contributed by atoms with E-state index in [0.717, 1.165) is 38.1 Å². The van der Waals surface area contributed by atoms with Gasteiger partial charge in [0.15, 0.2) is 11.6 Å². The number of amides is 1. The first-order valence-electron chi connectivity index (χ1n) is 6.68. The summed E-state index contributed by atoms with van der Waals surface area (Å²) in [5, 5.41) is 0. The quantitative estimate of drug-likeness (QED) is 0.847. The molecular weight excluding hydrogens is 264 g/mol. The molecule has 0 saturated carbocycles. The molecule has 20 heavy (non-hydrogen) atoms. The maximum atomic E-state index is 13.4. The molecule has 1 amide bonds. The maximum absolute atomic E-state index is 13.4. The number of carbonyl (C=O) groups excluding carboxylic acids is 1. The molecule has 3 rings (SSSR count). The molecule has 1 aliphatic heterocycles. The lowest BCUT2D eigenvalue weighted by Gasteiger charge is -2.21. The van der Waals surface area contributed by atoms with Crippen molar-refractivity contribution in [2.45, 2.75) is 25.8 Å². The molecule has 0 radical (unpaired) electrons. The van der Waals surface area contributed by atoms with E-state index in [-0.39, 0.29) is 5.91 Å². The summed E-state index contributed by atoms with van der Waals surface area (Å²) in [4.78, 5) is 18.2. The van der Waals surface area contributed by atoms with E-state index in [4.69, 9.17) is 0 Å². The maximum Gasteiger partial charge on any atom is 0.245 e. The van der Waals surface area contributed by atoms with Gasteiger partial charge in [0.1, 0.15) is 6.04 Å². The third kappa shape index (κ3) is 2.05. The van der Waals surface area contributed by atoms with Gasteiger partial charge in [-0.1, -0.05) is 0 Å². The highest BCUT2D eigenvalue weighted by Gasteiger charge is 2.25. The van der Waals surface area contributed by atoms with Crippen LogP contribution in [0.1, 0.15) is 25.8 Å². The second-order valence-corrected chi connectivity index (χ2v) is 5.12. The zero-order valence-electron chi connectivity index (χ0n) is 11.1. The smallest absolute Gasteiger partial charge is 0.245 e. The van der Waals surface area contributed by atoms with Gasteiger partial charge in [-0.15, -0.1) is 0 Å². The highest BCUT2D eigenvalue weighted by molar-refractivity contribution is 5.83. The largest absolute Gasteiger partial charge is 0.341 e. The molecule has 1 saturated heterocycles. The third-order valence-corrected chi connectivity index (χ3v) is 3.81. The van der Waals surface area contributed by atoms with Gasteiger partial charge in [-0.05, 0) is 19.8 Å². The minimum atomic E-state index is -0.930. The molecule has 1 fully saturated rings. The van der Waals surface area contributed by atoms with Gasteiger partial charge in [0.25, 0.3) is 0 Å². The number of halogens is 2. The topological polar surface area (TPSA) is 38.1 Å². The molecule has 1 atom stereocenters. The molecule has 1 aromatic carbocycles. The highest BCUT2D eigenvalue weighted by atomic mass is 19.2. The number of hydrogen-bond donors (Lipinski definition) is 0. The van der Waals surface area contributed by atoms with Crippen molar-refractivity contribution in [2.75, 3.05) is 13.1 Å². The Balaban J connectivity index is 1.97. The van der Waals surface area contributed by atoms with Crippen LogP contribution in [0, 0.1) is 11.6 Å². The van der Waals surface area contributed by atoms with Crippen molar-refractivity contribution in [3.63, 3.8) is 0 Å². The van der Waals surface area contributed by atoms with E-state index in [9.17, 15) is 13.6 Å². The monoisotopic (exact) mass is 279 g/mol. The zero-order chi connectivity index (χ0) is 14.3. The van der Waals surface area contributed by atoms with E-state index >= 15 is 0 Å². The van der Waals surface area contributed by atoms with Crippen LogP contribution in [0.3, 0.4) is 0 Å². The number of fused-ring (bicyclic) bond motifs is 1. The minimum Gasteiger partial charge on any atom is -0.341 e. The summed E-state index contributed by atoms with van der Waals surface area (Å²) in [5.74, 6) is -1.87. The fraction of sp³-hybridized carbons (Fsp3) is 0.429. The lowest BCUT2D eigenvalue weighted by Crippen LogP contribution is -2.33. The first kappa shape index (κ1) is 13.0. The molecule has 0 aliphatic carbocycles. The van der Waals surface area contributed by atoms with E-state index in [0.29, 0.717) is 11.0 Å². The molecule has 1 aliphatic rings.